The number of halogens is 1. The van der Waals surface area contributed by atoms with Gasteiger partial charge in [-0.15, -0.1) is 0 Å². The Morgan fingerprint density at radius 2 is 2.04 bits per heavy atom. The summed E-state index contributed by atoms with van der Waals surface area (Å²) in [5, 5.41) is 13.5. The summed E-state index contributed by atoms with van der Waals surface area (Å²) in [4.78, 5) is 14.5. The number of piperidine rings is 1. The zero-order valence-electron chi connectivity index (χ0n) is 14.5. The largest absolute Gasteiger partial charge is 0.396 e. The fraction of sp³-hybridized carbons (Fsp3) is 0.632. The molecule has 2 saturated heterocycles. The van der Waals surface area contributed by atoms with E-state index in [0.29, 0.717) is 25.7 Å². The molecule has 2 aliphatic rings. The summed E-state index contributed by atoms with van der Waals surface area (Å²) in [6.07, 6.45) is 3.66. The molecule has 2 amide bonds. The SMILES string of the molecule is O=C(NCC1(CO)CCOCC1)N1CCC[C@@H](c2ccc(Cl)cc2)C1. The summed E-state index contributed by atoms with van der Waals surface area (Å²) >= 11 is 5.97. The van der Waals surface area contributed by atoms with Crippen molar-refractivity contribution in [2.75, 3.05) is 39.5 Å². The number of nitrogens with one attached hydrogen (secondary N) is 1. The minimum Gasteiger partial charge on any atom is -0.396 e. The third kappa shape index (κ3) is 4.66. The number of urea groups is 1. The Morgan fingerprint density at radius 3 is 2.72 bits per heavy atom. The van der Waals surface area contributed by atoms with Gasteiger partial charge in [-0.25, -0.2) is 4.79 Å². The van der Waals surface area contributed by atoms with E-state index in [4.69, 9.17) is 16.3 Å². The van der Waals surface area contributed by atoms with Gasteiger partial charge in [0.1, 0.15) is 0 Å². The van der Waals surface area contributed by atoms with Crippen LogP contribution < -0.4 is 5.32 Å². The van der Waals surface area contributed by atoms with E-state index in [1.54, 1.807) is 0 Å². The van der Waals surface area contributed by atoms with Gasteiger partial charge in [0.2, 0.25) is 0 Å². The lowest BCUT2D eigenvalue weighted by Crippen LogP contribution is -2.50. The van der Waals surface area contributed by atoms with Crippen molar-refractivity contribution in [3.8, 4) is 0 Å². The highest BCUT2D eigenvalue weighted by Gasteiger charge is 2.33. The molecule has 25 heavy (non-hydrogen) atoms. The number of ether oxygens (including phenoxy) is 1. The highest BCUT2D eigenvalue weighted by Crippen LogP contribution is 2.30. The fourth-order valence-corrected chi connectivity index (χ4v) is 3.86. The van der Waals surface area contributed by atoms with E-state index in [-0.39, 0.29) is 18.1 Å². The van der Waals surface area contributed by atoms with Gasteiger partial charge in [0.05, 0.1) is 6.61 Å². The van der Waals surface area contributed by atoms with Crippen molar-refractivity contribution in [2.45, 2.75) is 31.6 Å². The van der Waals surface area contributed by atoms with E-state index in [9.17, 15) is 9.90 Å². The van der Waals surface area contributed by atoms with Gasteiger partial charge in [0, 0.05) is 49.2 Å². The van der Waals surface area contributed by atoms with Crippen LogP contribution in [0.5, 0.6) is 0 Å². The quantitative estimate of drug-likeness (QED) is 0.861. The molecule has 5 nitrogen and oxygen atoms in total. The Bertz CT molecular complexity index is 573. The summed E-state index contributed by atoms with van der Waals surface area (Å²) in [5.74, 6) is 0.353. The van der Waals surface area contributed by atoms with Gasteiger partial charge in [0.15, 0.2) is 0 Å². The zero-order valence-corrected chi connectivity index (χ0v) is 15.3. The molecule has 1 aromatic carbocycles. The molecule has 0 unspecified atom stereocenters. The maximum Gasteiger partial charge on any atom is 0.317 e. The molecule has 0 spiro atoms. The molecule has 2 fully saturated rings. The Hall–Kier alpha value is -1.30. The third-order valence-electron chi connectivity index (χ3n) is 5.55. The minimum absolute atomic E-state index is 0.0296. The highest BCUT2D eigenvalue weighted by molar-refractivity contribution is 6.30. The first kappa shape index (κ1) is 18.5. The summed E-state index contributed by atoms with van der Waals surface area (Å²) in [5.41, 5.74) is 0.998. The van der Waals surface area contributed by atoms with E-state index in [1.807, 2.05) is 17.0 Å². The molecular formula is C19H27ClN2O3. The smallest absolute Gasteiger partial charge is 0.317 e. The predicted molar refractivity (Wildman–Crippen MR) is 98.0 cm³/mol. The lowest BCUT2D eigenvalue weighted by molar-refractivity contribution is -0.0144. The Morgan fingerprint density at radius 1 is 1.32 bits per heavy atom. The van der Waals surface area contributed by atoms with Crippen molar-refractivity contribution in [2.24, 2.45) is 5.41 Å². The maximum absolute atomic E-state index is 12.6. The molecule has 2 heterocycles. The molecule has 2 N–H and O–H groups in total. The van der Waals surface area contributed by atoms with E-state index >= 15 is 0 Å². The number of rotatable bonds is 4. The van der Waals surface area contributed by atoms with Crippen LogP contribution in [-0.4, -0.2) is 55.5 Å². The summed E-state index contributed by atoms with van der Waals surface area (Å²) < 4.78 is 5.38. The molecule has 0 bridgehead atoms. The van der Waals surface area contributed by atoms with E-state index in [2.05, 4.69) is 17.4 Å². The van der Waals surface area contributed by atoms with Gasteiger partial charge < -0.3 is 20.1 Å². The number of likely N-dealkylation sites (tertiary alicyclic amines) is 1. The van der Waals surface area contributed by atoms with Gasteiger partial charge in [-0.3, -0.25) is 0 Å². The number of carbonyl (C=O) groups is 1. The Kier molecular flexibility index (Phi) is 6.20. The van der Waals surface area contributed by atoms with Crippen LogP contribution in [0.2, 0.25) is 5.02 Å². The van der Waals surface area contributed by atoms with Crippen molar-refractivity contribution in [3.05, 3.63) is 34.9 Å². The molecule has 138 valence electrons. The van der Waals surface area contributed by atoms with Gasteiger partial charge in [-0.1, -0.05) is 23.7 Å². The number of hydrogen-bond donors (Lipinski definition) is 2. The molecule has 3 rings (SSSR count). The molecule has 2 aliphatic heterocycles. The number of benzene rings is 1. The number of amides is 2. The van der Waals surface area contributed by atoms with E-state index in [1.165, 1.54) is 5.56 Å². The van der Waals surface area contributed by atoms with Crippen LogP contribution in [0, 0.1) is 5.41 Å². The first-order chi connectivity index (χ1) is 12.1. The average Bonchev–Trinajstić information content (AvgIpc) is 2.67. The second kappa shape index (κ2) is 8.39. The number of aliphatic hydroxyl groups is 1. The van der Waals surface area contributed by atoms with Crippen LogP contribution in [0.4, 0.5) is 4.79 Å². The highest BCUT2D eigenvalue weighted by atomic mass is 35.5. The van der Waals surface area contributed by atoms with Crippen LogP contribution >= 0.6 is 11.6 Å². The lowest BCUT2D eigenvalue weighted by atomic mass is 9.81. The van der Waals surface area contributed by atoms with Crippen molar-refractivity contribution in [3.63, 3.8) is 0 Å². The first-order valence-electron chi connectivity index (χ1n) is 9.09. The fourth-order valence-electron chi connectivity index (χ4n) is 3.74. The van der Waals surface area contributed by atoms with Gasteiger partial charge in [-0.2, -0.15) is 0 Å². The summed E-state index contributed by atoms with van der Waals surface area (Å²) in [6, 6.07) is 7.89. The van der Waals surface area contributed by atoms with E-state index in [0.717, 1.165) is 43.8 Å². The molecule has 0 aliphatic carbocycles. The lowest BCUT2D eigenvalue weighted by Gasteiger charge is -2.37. The van der Waals surface area contributed by atoms with Gasteiger partial charge in [-0.05, 0) is 43.4 Å². The number of hydrogen-bond acceptors (Lipinski definition) is 3. The van der Waals surface area contributed by atoms with Gasteiger partial charge >= 0.3 is 6.03 Å². The normalized spacial score (nSPS) is 23.3. The number of nitrogens with zero attached hydrogens (tertiary/aromatic N) is 1. The third-order valence-corrected chi connectivity index (χ3v) is 5.81. The van der Waals surface area contributed by atoms with Crippen LogP contribution in [0.15, 0.2) is 24.3 Å². The van der Waals surface area contributed by atoms with Crippen LogP contribution in [-0.2, 0) is 4.74 Å². The van der Waals surface area contributed by atoms with E-state index < -0.39 is 0 Å². The molecule has 1 aromatic rings. The molecule has 6 heteroatoms. The van der Waals surface area contributed by atoms with Gasteiger partial charge in [0.25, 0.3) is 0 Å². The second-order valence-corrected chi connectivity index (χ2v) is 7.70. The monoisotopic (exact) mass is 366 g/mol. The van der Waals surface area contributed by atoms with Crippen molar-refractivity contribution in [1.29, 1.82) is 0 Å². The van der Waals surface area contributed by atoms with Crippen molar-refractivity contribution < 1.29 is 14.6 Å². The van der Waals surface area contributed by atoms with Crippen LogP contribution in [0.1, 0.15) is 37.2 Å². The van der Waals surface area contributed by atoms with Crippen molar-refractivity contribution in [1.82, 2.24) is 10.2 Å². The number of aliphatic hydroxyl groups excluding tert-OH is 1. The molecular weight excluding hydrogens is 340 g/mol. The van der Waals surface area contributed by atoms with Crippen molar-refractivity contribution >= 4 is 17.6 Å². The molecule has 0 radical (unpaired) electrons. The standard InChI is InChI=1S/C19H27ClN2O3/c20-17-5-3-15(4-6-17)16-2-1-9-22(12-16)18(24)21-13-19(14-23)7-10-25-11-8-19/h3-6,16,23H,1-2,7-14H2,(H,21,24)/t16-/m1/s1. The first-order valence-corrected chi connectivity index (χ1v) is 9.47. The van der Waals surface area contributed by atoms with Crippen LogP contribution in [0.25, 0.3) is 0 Å². The molecule has 0 saturated carbocycles. The summed E-state index contributed by atoms with van der Waals surface area (Å²) in [6.45, 7) is 3.41. The average molecular weight is 367 g/mol. The topological polar surface area (TPSA) is 61.8 Å². The Balaban J connectivity index is 1.55. The summed E-state index contributed by atoms with van der Waals surface area (Å²) in [7, 11) is 0. The second-order valence-electron chi connectivity index (χ2n) is 7.27. The maximum atomic E-state index is 12.6. The van der Waals surface area contributed by atoms with Crippen LogP contribution in [0.3, 0.4) is 0 Å². The zero-order chi connectivity index (χ0) is 17.7. The minimum atomic E-state index is -0.237. The Labute approximate surface area is 154 Å². The molecule has 1 atom stereocenters. The number of carbonyl (C=O) groups excluding carboxylic acids is 1. The molecule has 0 aromatic heterocycles. The predicted octanol–water partition coefficient (Wildman–Crippen LogP) is 3.02.